The summed E-state index contributed by atoms with van der Waals surface area (Å²) in [6, 6.07) is 0. The maximum absolute atomic E-state index is 8.70. The Morgan fingerprint density at radius 1 is 1.25 bits per heavy atom. The fourth-order valence-electron chi connectivity index (χ4n) is 2.59. The van der Waals surface area contributed by atoms with Crippen LogP contribution in [0.3, 0.4) is 0 Å². The molecule has 20 heavy (non-hydrogen) atoms. The molecule has 0 aliphatic carbocycles. The van der Waals surface area contributed by atoms with Crippen molar-refractivity contribution in [2.75, 3.05) is 6.61 Å². The first-order valence-corrected chi connectivity index (χ1v) is 7.58. The second-order valence-electron chi connectivity index (χ2n) is 6.56. The number of rotatable bonds is 7. The van der Waals surface area contributed by atoms with Crippen molar-refractivity contribution in [3.63, 3.8) is 0 Å². The van der Waals surface area contributed by atoms with Crippen molar-refractivity contribution in [3.8, 4) is 0 Å². The van der Waals surface area contributed by atoms with Crippen LogP contribution in [0.4, 0.5) is 0 Å². The van der Waals surface area contributed by atoms with E-state index in [9.17, 15) is 0 Å². The first-order valence-electron chi connectivity index (χ1n) is 7.58. The summed E-state index contributed by atoms with van der Waals surface area (Å²) >= 11 is 0. The monoisotopic (exact) mass is 282 g/mol. The van der Waals surface area contributed by atoms with Gasteiger partial charge in [-0.1, -0.05) is 23.8 Å². The van der Waals surface area contributed by atoms with Crippen molar-refractivity contribution < 1.29 is 14.6 Å². The molecule has 1 aliphatic heterocycles. The van der Waals surface area contributed by atoms with Gasteiger partial charge in [-0.2, -0.15) is 0 Å². The van der Waals surface area contributed by atoms with Crippen LogP contribution < -0.4 is 0 Å². The highest BCUT2D eigenvalue weighted by atomic mass is 16.8. The SMILES string of the molecule is C/C(=C\C=C/CCCO)CCC1OC(C)(C)OC1(C)C. The van der Waals surface area contributed by atoms with Crippen molar-refractivity contribution >= 4 is 0 Å². The van der Waals surface area contributed by atoms with Crippen LogP contribution in [0.5, 0.6) is 0 Å². The van der Waals surface area contributed by atoms with E-state index in [1.54, 1.807) is 0 Å². The minimum absolute atomic E-state index is 0.138. The van der Waals surface area contributed by atoms with Crippen molar-refractivity contribution in [1.82, 2.24) is 0 Å². The molecular formula is C17H30O3. The fourth-order valence-corrected chi connectivity index (χ4v) is 2.59. The molecule has 1 aliphatic rings. The van der Waals surface area contributed by atoms with Crippen LogP contribution in [0.1, 0.15) is 60.3 Å². The number of hydrogen-bond acceptors (Lipinski definition) is 3. The molecule has 1 saturated heterocycles. The Labute approximate surface area is 123 Å². The molecule has 3 heteroatoms. The van der Waals surface area contributed by atoms with Gasteiger partial charge in [0.05, 0.1) is 11.7 Å². The molecule has 0 aromatic rings. The maximum atomic E-state index is 8.70. The molecule has 1 heterocycles. The van der Waals surface area contributed by atoms with E-state index >= 15 is 0 Å². The fraction of sp³-hybridized carbons (Fsp3) is 0.765. The lowest BCUT2D eigenvalue weighted by molar-refractivity contribution is -0.157. The Bertz CT molecular complexity index is 353. The van der Waals surface area contributed by atoms with Crippen LogP contribution >= 0.6 is 0 Å². The van der Waals surface area contributed by atoms with E-state index in [2.05, 4.69) is 39.0 Å². The summed E-state index contributed by atoms with van der Waals surface area (Å²) in [5.74, 6) is -0.476. The van der Waals surface area contributed by atoms with Crippen LogP contribution in [-0.4, -0.2) is 29.2 Å². The number of ether oxygens (including phenoxy) is 2. The number of aliphatic hydroxyl groups is 1. The molecule has 0 aromatic carbocycles. The summed E-state index contributed by atoms with van der Waals surface area (Å²) in [6.07, 6.45) is 10.2. The Hall–Kier alpha value is -0.640. The predicted octanol–water partition coefficient (Wildman–Crippen LogP) is 3.97. The van der Waals surface area contributed by atoms with Gasteiger partial charge < -0.3 is 14.6 Å². The van der Waals surface area contributed by atoms with E-state index in [0.29, 0.717) is 0 Å². The third kappa shape index (κ3) is 5.78. The van der Waals surface area contributed by atoms with E-state index < -0.39 is 5.79 Å². The van der Waals surface area contributed by atoms with Crippen LogP contribution in [0.2, 0.25) is 0 Å². The van der Waals surface area contributed by atoms with Gasteiger partial charge in [0.25, 0.3) is 0 Å². The van der Waals surface area contributed by atoms with Gasteiger partial charge in [-0.25, -0.2) is 0 Å². The van der Waals surface area contributed by atoms with Gasteiger partial charge >= 0.3 is 0 Å². The van der Waals surface area contributed by atoms with Crippen molar-refractivity contribution in [2.24, 2.45) is 0 Å². The van der Waals surface area contributed by atoms with Gasteiger partial charge in [-0.3, -0.25) is 0 Å². The quantitative estimate of drug-likeness (QED) is 0.567. The second kappa shape index (κ2) is 7.39. The lowest BCUT2D eigenvalue weighted by atomic mass is 9.96. The summed E-state index contributed by atoms with van der Waals surface area (Å²) in [7, 11) is 0. The number of hydrogen-bond donors (Lipinski definition) is 1. The molecule has 0 amide bonds. The average molecular weight is 282 g/mol. The predicted molar refractivity (Wildman–Crippen MR) is 82.6 cm³/mol. The Kier molecular flexibility index (Phi) is 6.44. The third-order valence-corrected chi connectivity index (χ3v) is 3.56. The largest absolute Gasteiger partial charge is 0.396 e. The van der Waals surface area contributed by atoms with E-state index in [1.807, 2.05) is 13.8 Å². The number of allylic oxidation sites excluding steroid dienone is 4. The summed E-state index contributed by atoms with van der Waals surface area (Å²) in [6.45, 7) is 10.5. The van der Waals surface area contributed by atoms with Gasteiger partial charge in [0.2, 0.25) is 0 Å². The highest BCUT2D eigenvalue weighted by Crippen LogP contribution is 2.38. The topological polar surface area (TPSA) is 38.7 Å². The van der Waals surface area contributed by atoms with Crippen LogP contribution in [0, 0.1) is 0 Å². The van der Waals surface area contributed by atoms with Gasteiger partial charge in [0.15, 0.2) is 5.79 Å². The maximum Gasteiger partial charge on any atom is 0.164 e. The molecule has 1 N–H and O–H groups in total. The molecule has 1 atom stereocenters. The van der Waals surface area contributed by atoms with Crippen molar-refractivity contribution in [3.05, 3.63) is 23.8 Å². The van der Waals surface area contributed by atoms with E-state index in [4.69, 9.17) is 14.6 Å². The standard InChI is InChI=1S/C17H30O3/c1-14(10-8-6-7-9-13-18)11-12-15-16(2,3)20-17(4,5)19-15/h6,8,10,15,18H,7,9,11-13H2,1-5H3/b8-6-,14-10+. The minimum Gasteiger partial charge on any atom is -0.396 e. The lowest BCUT2D eigenvalue weighted by Gasteiger charge is -2.23. The Morgan fingerprint density at radius 2 is 1.95 bits per heavy atom. The average Bonchev–Trinajstić information content (AvgIpc) is 2.54. The van der Waals surface area contributed by atoms with E-state index in [-0.39, 0.29) is 18.3 Å². The van der Waals surface area contributed by atoms with Crippen LogP contribution in [0.25, 0.3) is 0 Å². The normalized spacial score (nSPS) is 25.5. The zero-order chi connectivity index (χ0) is 15.2. The molecule has 0 saturated carbocycles. The van der Waals surface area contributed by atoms with Crippen molar-refractivity contribution in [1.29, 1.82) is 0 Å². The molecule has 1 fully saturated rings. The van der Waals surface area contributed by atoms with Gasteiger partial charge in [-0.15, -0.1) is 0 Å². The molecule has 0 bridgehead atoms. The summed E-state index contributed by atoms with van der Waals surface area (Å²) < 4.78 is 11.9. The Morgan fingerprint density at radius 3 is 2.50 bits per heavy atom. The third-order valence-electron chi connectivity index (χ3n) is 3.56. The van der Waals surface area contributed by atoms with Crippen LogP contribution in [0.15, 0.2) is 23.8 Å². The highest BCUT2D eigenvalue weighted by molar-refractivity contribution is 5.11. The lowest BCUT2D eigenvalue weighted by Crippen LogP contribution is -2.33. The summed E-state index contributed by atoms with van der Waals surface area (Å²) in [5, 5.41) is 8.70. The zero-order valence-electron chi connectivity index (χ0n) is 13.6. The highest BCUT2D eigenvalue weighted by Gasteiger charge is 2.46. The second-order valence-corrected chi connectivity index (χ2v) is 6.56. The van der Waals surface area contributed by atoms with Crippen LogP contribution in [-0.2, 0) is 9.47 Å². The first-order chi connectivity index (χ1) is 9.27. The Balaban J connectivity index is 2.39. The molecular weight excluding hydrogens is 252 g/mol. The number of unbranched alkanes of at least 4 members (excludes halogenated alkanes) is 1. The molecule has 0 aromatic heterocycles. The first kappa shape index (κ1) is 17.4. The molecule has 1 unspecified atom stereocenters. The van der Waals surface area contributed by atoms with Gasteiger partial charge in [0, 0.05) is 6.61 Å². The van der Waals surface area contributed by atoms with E-state index in [1.165, 1.54) is 5.57 Å². The number of aliphatic hydroxyl groups excluding tert-OH is 1. The van der Waals surface area contributed by atoms with Gasteiger partial charge in [0.1, 0.15) is 0 Å². The zero-order valence-corrected chi connectivity index (χ0v) is 13.6. The van der Waals surface area contributed by atoms with E-state index in [0.717, 1.165) is 25.7 Å². The summed E-state index contributed by atoms with van der Waals surface area (Å²) in [5.41, 5.74) is 1.12. The summed E-state index contributed by atoms with van der Waals surface area (Å²) in [4.78, 5) is 0. The molecule has 116 valence electrons. The molecule has 3 nitrogen and oxygen atoms in total. The smallest absolute Gasteiger partial charge is 0.164 e. The van der Waals surface area contributed by atoms with Gasteiger partial charge in [-0.05, 0) is 60.3 Å². The minimum atomic E-state index is -0.476. The van der Waals surface area contributed by atoms with Crippen molar-refractivity contribution in [2.45, 2.75) is 77.8 Å². The molecule has 0 spiro atoms. The molecule has 1 rings (SSSR count). The molecule has 0 radical (unpaired) electrons.